The van der Waals surface area contributed by atoms with Gasteiger partial charge in [0.05, 0.1) is 10.9 Å². The molecule has 1 aliphatic heterocycles. The number of nitrogens with zero attached hydrogens (tertiary/aromatic N) is 2. The summed E-state index contributed by atoms with van der Waals surface area (Å²) in [5.74, 6) is 1.14. The molecule has 0 amide bonds. The molecule has 1 unspecified atom stereocenters. The van der Waals surface area contributed by atoms with E-state index >= 15 is 0 Å². The third-order valence-electron chi connectivity index (χ3n) is 1.88. The monoisotopic (exact) mass is 179 g/mol. The second kappa shape index (κ2) is 3.92. The van der Waals surface area contributed by atoms with E-state index in [1.165, 1.54) is 5.69 Å². The number of hydrogen-bond donors (Lipinski definition) is 0. The average molecular weight is 179 g/mol. The zero-order chi connectivity index (χ0) is 8.23. The smallest absolute Gasteiger partial charge is 0.0611 e. The largest absolute Gasteiger partial charge is 0.260 e. The molecule has 0 saturated carbocycles. The molecule has 12 heavy (non-hydrogen) atoms. The summed E-state index contributed by atoms with van der Waals surface area (Å²) in [7, 11) is 0. The van der Waals surface area contributed by atoms with Gasteiger partial charge < -0.3 is 0 Å². The highest BCUT2D eigenvalue weighted by atomic mass is 32.2. The normalized spacial score (nSPS) is 23.8. The van der Waals surface area contributed by atoms with Gasteiger partial charge in [-0.15, -0.1) is 11.8 Å². The van der Waals surface area contributed by atoms with Crippen LogP contribution < -0.4 is 5.32 Å². The van der Waals surface area contributed by atoms with E-state index in [1.807, 2.05) is 30.1 Å². The summed E-state index contributed by atoms with van der Waals surface area (Å²) in [6, 6.07) is 6.07. The van der Waals surface area contributed by atoms with Gasteiger partial charge in [-0.05, 0) is 12.1 Å². The third kappa shape index (κ3) is 1.79. The molecular weight excluding hydrogens is 168 g/mol. The van der Waals surface area contributed by atoms with E-state index in [9.17, 15) is 0 Å². The number of thioether (sulfide) groups is 1. The lowest BCUT2D eigenvalue weighted by Gasteiger charge is -2.20. The van der Waals surface area contributed by atoms with Gasteiger partial charge in [-0.25, -0.2) is 5.32 Å². The number of rotatable bonds is 1. The van der Waals surface area contributed by atoms with Crippen molar-refractivity contribution in [1.82, 2.24) is 10.3 Å². The van der Waals surface area contributed by atoms with Crippen LogP contribution in [0.2, 0.25) is 0 Å². The van der Waals surface area contributed by atoms with Gasteiger partial charge in [0.15, 0.2) is 0 Å². The van der Waals surface area contributed by atoms with Crippen molar-refractivity contribution in [2.45, 2.75) is 5.25 Å². The molecule has 0 aromatic carbocycles. The van der Waals surface area contributed by atoms with Crippen molar-refractivity contribution < 1.29 is 0 Å². The van der Waals surface area contributed by atoms with Gasteiger partial charge in [0.25, 0.3) is 0 Å². The van der Waals surface area contributed by atoms with Gasteiger partial charge in [-0.3, -0.25) is 4.98 Å². The van der Waals surface area contributed by atoms with Crippen LogP contribution >= 0.6 is 11.8 Å². The van der Waals surface area contributed by atoms with Crippen LogP contribution in [-0.4, -0.2) is 23.8 Å². The van der Waals surface area contributed by atoms with Crippen LogP contribution in [0.5, 0.6) is 0 Å². The van der Waals surface area contributed by atoms with E-state index in [4.69, 9.17) is 0 Å². The van der Waals surface area contributed by atoms with Crippen molar-refractivity contribution in [3.63, 3.8) is 0 Å². The molecule has 1 aliphatic rings. The fourth-order valence-corrected chi connectivity index (χ4v) is 2.31. The molecule has 2 nitrogen and oxygen atoms in total. The Morgan fingerprint density at radius 3 is 3.08 bits per heavy atom. The molecular formula is C9H11N2S. The molecule has 0 aliphatic carbocycles. The zero-order valence-corrected chi connectivity index (χ0v) is 7.63. The van der Waals surface area contributed by atoms with Gasteiger partial charge >= 0.3 is 0 Å². The summed E-state index contributed by atoms with van der Waals surface area (Å²) >= 11 is 1.96. The highest BCUT2D eigenvalue weighted by molar-refractivity contribution is 7.99. The van der Waals surface area contributed by atoms with Crippen LogP contribution in [0.25, 0.3) is 0 Å². The van der Waals surface area contributed by atoms with Crippen LogP contribution in [0.4, 0.5) is 0 Å². The Labute approximate surface area is 76.8 Å². The topological polar surface area (TPSA) is 27.0 Å². The first-order valence-electron chi connectivity index (χ1n) is 4.12. The maximum atomic E-state index is 4.37. The first-order valence-corrected chi connectivity index (χ1v) is 5.17. The molecule has 1 saturated heterocycles. The predicted octanol–water partition coefficient (Wildman–Crippen LogP) is 1.47. The Hall–Kier alpha value is -0.540. The van der Waals surface area contributed by atoms with E-state index in [0.717, 1.165) is 18.8 Å². The van der Waals surface area contributed by atoms with Crippen LogP contribution in [-0.2, 0) is 0 Å². The van der Waals surface area contributed by atoms with Gasteiger partial charge in [-0.1, -0.05) is 6.07 Å². The predicted molar refractivity (Wildman–Crippen MR) is 51.3 cm³/mol. The fourth-order valence-electron chi connectivity index (χ4n) is 1.27. The lowest BCUT2D eigenvalue weighted by molar-refractivity contribution is 0.667. The van der Waals surface area contributed by atoms with Crippen molar-refractivity contribution in [3.05, 3.63) is 30.1 Å². The molecule has 1 aromatic rings. The number of pyridine rings is 1. The Bertz CT molecular complexity index is 232. The maximum Gasteiger partial charge on any atom is 0.0611 e. The Morgan fingerprint density at radius 2 is 2.42 bits per heavy atom. The van der Waals surface area contributed by atoms with Crippen LogP contribution in [0, 0.1) is 0 Å². The van der Waals surface area contributed by atoms with Crippen LogP contribution in [0.15, 0.2) is 24.4 Å². The van der Waals surface area contributed by atoms with Crippen molar-refractivity contribution >= 4 is 11.8 Å². The van der Waals surface area contributed by atoms with Crippen molar-refractivity contribution in [3.8, 4) is 0 Å². The first kappa shape index (κ1) is 8.08. The van der Waals surface area contributed by atoms with Crippen molar-refractivity contribution in [2.24, 2.45) is 0 Å². The minimum absolute atomic E-state index is 0.500. The van der Waals surface area contributed by atoms with E-state index in [0.29, 0.717) is 5.25 Å². The maximum absolute atomic E-state index is 4.37. The van der Waals surface area contributed by atoms with Crippen molar-refractivity contribution in [1.29, 1.82) is 0 Å². The van der Waals surface area contributed by atoms with Crippen LogP contribution in [0.3, 0.4) is 0 Å². The molecule has 2 heterocycles. The molecule has 1 atom stereocenters. The van der Waals surface area contributed by atoms with Gasteiger partial charge in [0.2, 0.25) is 0 Å². The average Bonchev–Trinajstić information content (AvgIpc) is 2.21. The second-order valence-electron chi connectivity index (χ2n) is 2.74. The lowest BCUT2D eigenvalue weighted by atomic mass is 10.2. The van der Waals surface area contributed by atoms with Gasteiger partial charge in [-0.2, -0.15) is 0 Å². The summed E-state index contributed by atoms with van der Waals surface area (Å²) in [6.45, 7) is 1.94. The molecule has 1 aromatic heterocycles. The first-order chi connectivity index (χ1) is 5.97. The minimum atomic E-state index is 0.500. The van der Waals surface area contributed by atoms with E-state index in [2.05, 4.69) is 16.4 Å². The summed E-state index contributed by atoms with van der Waals surface area (Å²) in [5, 5.41) is 4.87. The van der Waals surface area contributed by atoms with E-state index in [1.54, 1.807) is 0 Å². The quantitative estimate of drug-likeness (QED) is 0.653. The molecule has 1 radical (unpaired) electrons. The Balaban J connectivity index is 2.08. The molecule has 0 spiro atoms. The molecule has 2 rings (SSSR count). The van der Waals surface area contributed by atoms with E-state index < -0.39 is 0 Å². The summed E-state index contributed by atoms with van der Waals surface area (Å²) < 4.78 is 0. The molecule has 3 heteroatoms. The third-order valence-corrected chi connectivity index (χ3v) is 3.09. The zero-order valence-electron chi connectivity index (χ0n) is 6.81. The van der Waals surface area contributed by atoms with Gasteiger partial charge in [0, 0.05) is 25.0 Å². The Morgan fingerprint density at radius 1 is 1.42 bits per heavy atom. The summed E-state index contributed by atoms with van der Waals surface area (Å²) in [4.78, 5) is 4.32. The molecule has 0 N–H and O–H groups in total. The Kier molecular flexibility index (Phi) is 2.64. The highest BCUT2D eigenvalue weighted by Crippen LogP contribution is 2.28. The minimum Gasteiger partial charge on any atom is -0.260 e. The highest BCUT2D eigenvalue weighted by Gasteiger charge is 2.16. The number of hydrogen-bond acceptors (Lipinski definition) is 2. The summed E-state index contributed by atoms with van der Waals surface area (Å²) in [6.07, 6.45) is 1.85. The molecule has 63 valence electrons. The SMILES string of the molecule is c1ccc(C2C[N]CCS2)nc1. The standard InChI is InChI=1S/C9H11N2S/c1-2-4-11-8(3-1)9-7-10-5-6-12-9/h1-4,9H,5-7H2. The summed E-state index contributed by atoms with van der Waals surface area (Å²) in [5.41, 5.74) is 1.17. The number of aromatic nitrogens is 1. The van der Waals surface area contributed by atoms with E-state index in [-0.39, 0.29) is 0 Å². The molecule has 0 bridgehead atoms. The lowest BCUT2D eigenvalue weighted by Crippen LogP contribution is -2.22. The van der Waals surface area contributed by atoms with Gasteiger partial charge in [0.1, 0.15) is 0 Å². The second-order valence-corrected chi connectivity index (χ2v) is 4.05. The van der Waals surface area contributed by atoms with Crippen LogP contribution in [0.1, 0.15) is 10.9 Å². The molecule has 1 fully saturated rings. The van der Waals surface area contributed by atoms with Crippen molar-refractivity contribution in [2.75, 3.05) is 18.8 Å². The fraction of sp³-hybridized carbons (Fsp3) is 0.444.